The molecule has 3 aliphatic heterocycles. The van der Waals surface area contributed by atoms with Gasteiger partial charge in [0.2, 0.25) is 0 Å². The number of aliphatic hydroxyl groups is 3. The summed E-state index contributed by atoms with van der Waals surface area (Å²) >= 11 is 0. The minimum absolute atomic E-state index is 0.0572. The van der Waals surface area contributed by atoms with Crippen LogP contribution in [0.25, 0.3) is 0 Å². The zero-order valence-electron chi connectivity index (χ0n) is 25.9. The number of hydrogen-bond donors (Lipinski definition) is 3. The molecule has 10 heteroatoms. The first-order valence-electron chi connectivity index (χ1n) is 15.4. The summed E-state index contributed by atoms with van der Waals surface area (Å²) < 4.78 is 24.6. The Labute approximate surface area is 244 Å². The van der Waals surface area contributed by atoms with Crippen LogP contribution in [0.3, 0.4) is 0 Å². The van der Waals surface area contributed by atoms with Gasteiger partial charge < -0.3 is 39.2 Å². The zero-order valence-corrected chi connectivity index (χ0v) is 25.9. The van der Waals surface area contributed by atoms with Gasteiger partial charge in [0.25, 0.3) is 0 Å². The van der Waals surface area contributed by atoms with Gasteiger partial charge in [0.15, 0.2) is 6.29 Å². The van der Waals surface area contributed by atoms with E-state index in [1.165, 1.54) is 0 Å². The second-order valence-corrected chi connectivity index (χ2v) is 13.4. The number of carbonyl (C=O) groups excluding carboxylic acids is 2. The lowest BCUT2D eigenvalue weighted by molar-refractivity contribution is -0.281. The lowest BCUT2D eigenvalue weighted by atomic mass is 9.80. The van der Waals surface area contributed by atoms with E-state index >= 15 is 0 Å². The van der Waals surface area contributed by atoms with Gasteiger partial charge in [0, 0.05) is 29.4 Å². The number of aliphatic hydroxyl groups excluding tert-OH is 3. The van der Waals surface area contributed by atoms with Gasteiger partial charge in [0.1, 0.15) is 17.8 Å². The molecule has 0 unspecified atom stereocenters. The molecule has 4 aliphatic rings. The zero-order chi connectivity index (χ0) is 30.4. The van der Waals surface area contributed by atoms with Crippen molar-refractivity contribution in [2.45, 2.75) is 135 Å². The van der Waals surface area contributed by atoms with Gasteiger partial charge in [0.05, 0.1) is 30.8 Å². The van der Waals surface area contributed by atoms with Gasteiger partial charge in [-0.15, -0.1) is 0 Å². The molecule has 3 heterocycles. The molecule has 13 atom stereocenters. The van der Waals surface area contributed by atoms with E-state index in [1.54, 1.807) is 20.8 Å². The molecule has 0 aromatic heterocycles. The fourth-order valence-corrected chi connectivity index (χ4v) is 7.52. The monoisotopic (exact) mass is 581 g/mol. The standard InChI is InChI=1S/C31H51NO9/c1-9-23-18(5)28(36)31(6)11-10-19-15(2)12-20(25(19)29(37)41-31)27(17(4)22(33)14-24(34)39-23)40-30-26(35)21(32(7)8)13-16(3)38-30/h15-18,20-23,26-28,30,33,35-36H,9-14H2,1-8H3/t15-,16-,17-,18-,20-,21+,22+,23+,26-,27+,28+,30+,31+/m1/s1. The lowest BCUT2D eigenvalue weighted by Crippen LogP contribution is -2.56. The van der Waals surface area contributed by atoms with Crippen molar-refractivity contribution in [3.8, 4) is 0 Å². The number of allylic oxidation sites excluding steroid dienone is 1. The van der Waals surface area contributed by atoms with Crippen molar-refractivity contribution in [2.75, 3.05) is 14.1 Å². The third-order valence-corrected chi connectivity index (χ3v) is 10.2. The molecule has 10 nitrogen and oxygen atoms in total. The van der Waals surface area contributed by atoms with Crippen molar-refractivity contribution in [1.29, 1.82) is 0 Å². The molecule has 2 fully saturated rings. The van der Waals surface area contributed by atoms with Gasteiger partial charge >= 0.3 is 11.9 Å². The van der Waals surface area contributed by atoms with Crippen LogP contribution in [-0.2, 0) is 28.5 Å². The Morgan fingerprint density at radius 1 is 1.05 bits per heavy atom. The molecule has 0 spiro atoms. The Kier molecular flexibility index (Phi) is 9.93. The van der Waals surface area contributed by atoms with Crippen molar-refractivity contribution in [1.82, 2.24) is 4.90 Å². The van der Waals surface area contributed by atoms with Crippen molar-refractivity contribution in [3.63, 3.8) is 0 Å². The lowest BCUT2D eigenvalue weighted by Gasteiger charge is -2.44. The van der Waals surface area contributed by atoms with Crippen molar-refractivity contribution in [3.05, 3.63) is 11.1 Å². The Balaban J connectivity index is 1.76. The quantitative estimate of drug-likeness (QED) is 0.425. The highest BCUT2D eigenvalue weighted by Gasteiger charge is 2.52. The Hall–Kier alpha value is -1.56. The van der Waals surface area contributed by atoms with Crippen LogP contribution >= 0.6 is 0 Å². The average molecular weight is 582 g/mol. The molecule has 2 bridgehead atoms. The molecule has 41 heavy (non-hydrogen) atoms. The number of cyclic esters (lactones) is 1. The van der Waals surface area contributed by atoms with Crippen LogP contribution in [0.15, 0.2) is 11.1 Å². The summed E-state index contributed by atoms with van der Waals surface area (Å²) in [5.41, 5.74) is 0.338. The van der Waals surface area contributed by atoms with Crippen molar-refractivity contribution < 1.29 is 43.9 Å². The van der Waals surface area contributed by atoms with Gasteiger partial charge in [-0.2, -0.15) is 0 Å². The Bertz CT molecular complexity index is 1000. The molecule has 0 saturated carbocycles. The van der Waals surface area contributed by atoms with Gasteiger partial charge in [-0.1, -0.05) is 33.3 Å². The third kappa shape index (κ3) is 6.38. The van der Waals surface area contributed by atoms with E-state index in [-0.39, 0.29) is 24.5 Å². The highest BCUT2D eigenvalue weighted by Crippen LogP contribution is 2.49. The number of fused-ring (bicyclic) bond motifs is 2. The SMILES string of the molecule is CC[C@@H]1OC(=O)C[C@H](O)[C@@H](C)[C@H](O[C@@H]2O[C@H](C)C[C@H](N(C)C)[C@H]2O)[C@@H]2C[C@@H](C)C3=C2C(=O)O[C@@](C)(CC3)[C@@H](O)[C@@H]1C. The molecule has 0 aromatic carbocycles. The predicted octanol–water partition coefficient (Wildman–Crippen LogP) is 2.57. The van der Waals surface area contributed by atoms with Crippen LogP contribution in [-0.4, -0.2) is 101 Å². The third-order valence-electron chi connectivity index (χ3n) is 10.2. The second kappa shape index (κ2) is 12.6. The second-order valence-electron chi connectivity index (χ2n) is 13.4. The molecule has 4 rings (SSSR count). The van der Waals surface area contributed by atoms with Gasteiger partial charge in [-0.05, 0) is 66.0 Å². The maximum absolute atomic E-state index is 13.9. The number of esters is 2. The van der Waals surface area contributed by atoms with E-state index in [0.717, 1.165) is 5.57 Å². The summed E-state index contributed by atoms with van der Waals surface area (Å²) in [4.78, 5) is 28.9. The van der Waals surface area contributed by atoms with Crippen LogP contribution in [0, 0.1) is 23.7 Å². The van der Waals surface area contributed by atoms with Gasteiger partial charge in [-0.3, -0.25) is 4.79 Å². The summed E-state index contributed by atoms with van der Waals surface area (Å²) in [5.74, 6) is -2.54. The van der Waals surface area contributed by atoms with Crippen LogP contribution in [0.1, 0.15) is 80.1 Å². The van der Waals surface area contributed by atoms with E-state index in [9.17, 15) is 24.9 Å². The largest absolute Gasteiger partial charge is 0.462 e. The number of nitrogens with zero attached hydrogens (tertiary/aromatic N) is 1. The molecule has 0 amide bonds. The maximum atomic E-state index is 13.9. The van der Waals surface area contributed by atoms with Crippen LogP contribution < -0.4 is 0 Å². The number of rotatable bonds is 4. The van der Waals surface area contributed by atoms with E-state index in [0.29, 0.717) is 37.7 Å². The summed E-state index contributed by atoms with van der Waals surface area (Å²) in [6.45, 7) is 11.2. The molecule has 234 valence electrons. The topological polar surface area (TPSA) is 135 Å². The number of likely N-dealkylation sites (N-methyl/N-ethyl adjacent to an activating group) is 1. The first-order valence-corrected chi connectivity index (χ1v) is 15.4. The smallest absolute Gasteiger partial charge is 0.334 e. The van der Waals surface area contributed by atoms with Crippen LogP contribution in [0.2, 0.25) is 0 Å². The predicted molar refractivity (Wildman–Crippen MR) is 150 cm³/mol. The molecule has 2 saturated heterocycles. The van der Waals surface area contributed by atoms with Crippen LogP contribution in [0.4, 0.5) is 0 Å². The molecule has 1 aliphatic carbocycles. The number of ether oxygens (including phenoxy) is 4. The molecular weight excluding hydrogens is 530 g/mol. The van der Waals surface area contributed by atoms with E-state index in [2.05, 4.69) is 6.92 Å². The fourth-order valence-electron chi connectivity index (χ4n) is 7.52. The Morgan fingerprint density at radius 2 is 1.73 bits per heavy atom. The van der Waals surface area contributed by atoms with E-state index in [1.807, 2.05) is 32.8 Å². The molecular formula is C31H51NO9. The van der Waals surface area contributed by atoms with Crippen LogP contribution in [0.5, 0.6) is 0 Å². The molecule has 0 radical (unpaired) electrons. The first-order chi connectivity index (χ1) is 19.2. The summed E-state index contributed by atoms with van der Waals surface area (Å²) in [7, 11) is 3.80. The van der Waals surface area contributed by atoms with E-state index < -0.39 is 72.1 Å². The average Bonchev–Trinajstić information content (AvgIpc) is 3.16. The first kappa shape index (κ1) is 32.4. The number of carbonyl (C=O) groups is 2. The maximum Gasteiger partial charge on any atom is 0.334 e. The fraction of sp³-hybridized carbons (Fsp3) is 0.871. The summed E-state index contributed by atoms with van der Waals surface area (Å²) in [6.07, 6.45) is -3.28. The molecule has 0 aromatic rings. The van der Waals surface area contributed by atoms with Crippen molar-refractivity contribution >= 4 is 11.9 Å². The van der Waals surface area contributed by atoms with Gasteiger partial charge in [-0.25, -0.2) is 4.79 Å². The summed E-state index contributed by atoms with van der Waals surface area (Å²) in [5, 5.41) is 34.1. The minimum atomic E-state index is -1.17. The van der Waals surface area contributed by atoms with Crippen molar-refractivity contribution in [2.24, 2.45) is 23.7 Å². The normalized spacial score (nSPS) is 46.2. The highest BCUT2D eigenvalue weighted by molar-refractivity contribution is 5.91. The highest BCUT2D eigenvalue weighted by atomic mass is 16.7. The number of hydrogen-bond acceptors (Lipinski definition) is 10. The summed E-state index contributed by atoms with van der Waals surface area (Å²) in [6, 6.07) is -0.201. The molecule has 3 N–H and O–H groups in total. The Morgan fingerprint density at radius 3 is 2.37 bits per heavy atom. The van der Waals surface area contributed by atoms with E-state index in [4.69, 9.17) is 18.9 Å². The minimum Gasteiger partial charge on any atom is -0.462 e.